The summed E-state index contributed by atoms with van der Waals surface area (Å²) in [6, 6.07) is 19.9. The van der Waals surface area contributed by atoms with Crippen LogP contribution in [0.25, 0.3) is 6.08 Å². The maximum absolute atomic E-state index is 11.6. The number of carbonyl (C=O) groups excluding carboxylic acids is 1. The number of nitrogens with one attached hydrogen (secondary N) is 1. The van der Waals surface area contributed by atoms with Gasteiger partial charge in [-0.3, -0.25) is 4.79 Å². The molecule has 0 aliphatic rings. The summed E-state index contributed by atoms with van der Waals surface area (Å²) in [5.41, 5.74) is 1.68. The Kier molecular flexibility index (Phi) is 6.55. The molecule has 2 aromatic rings. The number of hydrogen-bond donors (Lipinski definition) is 1. The second-order valence-electron chi connectivity index (χ2n) is 3.51. The third kappa shape index (κ3) is 4.95. The van der Waals surface area contributed by atoms with E-state index in [9.17, 15) is 4.79 Å². The molecule has 0 saturated heterocycles. The van der Waals surface area contributed by atoms with Gasteiger partial charge in [-0.05, 0) is 11.6 Å². The molecule has 0 aliphatic carbocycles. The molecule has 1 N–H and O–H groups in total. The molecule has 3 heteroatoms. The molecular weight excluding hydrogens is 299 g/mol. The van der Waals surface area contributed by atoms with E-state index in [1.54, 1.807) is 18.2 Å². The van der Waals surface area contributed by atoms with Gasteiger partial charge in [0, 0.05) is 38.8 Å². The van der Waals surface area contributed by atoms with Crippen molar-refractivity contribution < 1.29 is 37.5 Å². The first-order chi connectivity index (χ1) is 8.34. The van der Waals surface area contributed by atoms with Crippen molar-refractivity contribution in [3.05, 3.63) is 72.3 Å². The predicted molar refractivity (Wildman–Crippen MR) is 69.4 cm³/mol. The Hall–Kier alpha value is -1.25. The molecule has 1 amide bonds. The number of amides is 1. The Labute approximate surface area is 132 Å². The number of hydrogen-bond acceptors (Lipinski definition) is 1. The van der Waals surface area contributed by atoms with Gasteiger partial charge in [0.05, 0.1) is 0 Å². The molecule has 18 heavy (non-hydrogen) atoms. The van der Waals surface area contributed by atoms with Gasteiger partial charge < -0.3 is 5.32 Å². The molecule has 87 valence electrons. The first-order valence-electron chi connectivity index (χ1n) is 5.35. The maximum Gasteiger partial charge on any atom is 0.246 e. The van der Waals surface area contributed by atoms with E-state index in [1.807, 2.05) is 42.5 Å². The van der Waals surface area contributed by atoms with Crippen LogP contribution in [-0.2, 0) is 37.5 Å². The molecule has 0 saturated carbocycles. The average molecular weight is 311 g/mol. The second-order valence-corrected chi connectivity index (χ2v) is 3.51. The van der Waals surface area contributed by atoms with Gasteiger partial charge in [-0.15, -0.1) is 6.07 Å². The smallest absolute Gasteiger partial charge is 0.246 e. The summed E-state index contributed by atoms with van der Waals surface area (Å²) in [5.74, 6) is -0.156. The summed E-state index contributed by atoms with van der Waals surface area (Å²) in [6.07, 6.45) is 3.29. The Morgan fingerprint density at radius 2 is 1.78 bits per heavy atom. The van der Waals surface area contributed by atoms with Gasteiger partial charge in [-0.2, -0.15) is 24.3 Å². The molecule has 0 spiro atoms. The van der Waals surface area contributed by atoms with Gasteiger partial charge in [0.1, 0.15) is 0 Å². The molecule has 1 radical (unpaired) electrons. The average Bonchev–Trinajstić information content (AvgIpc) is 2.39. The Balaban J connectivity index is 0.00000162. The summed E-state index contributed by atoms with van der Waals surface area (Å²) >= 11 is 0. The van der Waals surface area contributed by atoms with E-state index >= 15 is 0 Å². The van der Waals surface area contributed by atoms with Gasteiger partial charge in [0.25, 0.3) is 0 Å². The van der Waals surface area contributed by atoms with Crippen molar-refractivity contribution in [2.45, 2.75) is 0 Å². The molecule has 0 unspecified atom stereocenters. The van der Waals surface area contributed by atoms with Crippen LogP contribution in [0, 0.1) is 6.07 Å². The number of rotatable bonds is 3. The zero-order chi connectivity index (χ0) is 11.9. The van der Waals surface area contributed by atoms with Crippen molar-refractivity contribution in [3.8, 4) is 0 Å². The molecular formula is C15H12NOY-. The van der Waals surface area contributed by atoms with Crippen LogP contribution in [0.2, 0.25) is 0 Å². The van der Waals surface area contributed by atoms with Gasteiger partial charge in [-0.1, -0.05) is 36.0 Å². The summed E-state index contributed by atoms with van der Waals surface area (Å²) < 4.78 is 0. The van der Waals surface area contributed by atoms with Crippen molar-refractivity contribution in [2.24, 2.45) is 0 Å². The van der Waals surface area contributed by atoms with Crippen molar-refractivity contribution >= 4 is 17.7 Å². The summed E-state index contributed by atoms with van der Waals surface area (Å²) in [5, 5.41) is 2.73. The largest absolute Gasteiger partial charge is 0.346 e. The predicted octanol–water partition coefficient (Wildman–Crippen LogP) is 3.14. The van der Waals surface area contributed by atoms with E-state index in [1.165, 1.54) is 6.08 Å². The number of para-hydroxylation sites is 1. The SMILES string of the molecule is O=C(/C=C/c1ccccc1)Nc1[c-]cccc1.[Y]. The summed E-state index contributed by atoms with van der Waals surface area (Å²) in [7, 11) is 0. The van der Waals surface area contributed by atoms with E-state index in [-0.39, 0.29) is 38.6 Å². The summed E-state index contributed by atoms with van der Waals surface area (Å²) in [6.45, 7) is 0. The first-order valence-corrected chi connectivity index (χ1v) is 5.35. The quantitative estimate of drug-likeness (QED) is 0.685. The first kappa shape index (κ1) is 14.8. The van der Waals surface area contributed by atoms with Crippen LogP contribution in [0.15, 0.2) is 60.7 Å². The van der Waals surface area contributed by atoms with Crippen LogP contribution in [0.3, 0.4) is 0 Å². The minimum absolute atomic E-state index is 0. The van der Waals surface area contributed by atoms with Crippen LogP contribution < -0.4 is 5.32 Å². The fraction of sp³-hybridized carbons (Fsp3) is 0. The van der Waals surface area contributed by atoms with Gasteiger partial charge >= 0.3 is 0 Å². The fourth-order valence-electron chi connectivity index (χ4n) is 1.38. The minimum atomic E-state index is -0.156. The van der Waals surface area contributed by atoms with Crippen LogP contribution in [-0.4, -0.2) is 5.91 Å². The Morgan fingerprint density at radius 3 is 2.44 bits per heavy atom. The molecule has 0 fully saturated rings. The molecule has 0 atom stereocenters. The number of carbonyl (C=O) groups is 1. The van der Waals surface area contributed by atoms with Gasteiger partial charge in [0.2, 0.25) is 5.91 Å². The molecule has 2 rings (SSSR count). The molecule has 2 nitrogen and oxygen atoms in total. The van der Waals surface area contributed by atoms with E-state index in [2.05, 4.69) is 11.4 Å². The van der Waals surface area contributed by atoms with Crippen molar-refractivity contribution in [1.29, 1.82) is 0 Å². The number of anilines is 1. The molecule has 2 aromatic carbocycles. The van der Waals surface area contributed by atoms with Crippen LogP contribution in [0.1, 0.15) is 5.56 Å². The third-order valence-corrected chi connectivity index (χ3v) is 2.19. The third-order valence-electron chi connectivity index (χ3n) is 2.19. The Morgan fingerprint density at radius 1 is 1.06 bits per heavy atom. The number of benzene rings is 2. The fourth-order valence-corrected chi connectivity index (χ4v) is 1.38. The zero-order valence-corrected chi connectivity index (χ0v) is 12.7. The molecule has 0 aliphatic heterocycles. The van der Waals surface area contributed by atoms with Crippen molar-refractivity contribution in [2.75, 3.05) is 5.32 Å². The Bertz CT molecular complexity index is 509. The minimum Gasteiger partial charge on any atom is -0.346 e. The molecule has 0 heterocycles. The van der Waals surface area contributed by atoms with E-state index in [0.29, 0.717) is 5.69 Å². The second kappa shape index (κ2) is 7.96. The van der Waals surface area contributed by atoms with Gasteiger partial charge in [-0.25, -0.2) is 0 Å². The molecule has 0 aromatic heterocycles. The van der Waals surface area contributed by atoms with Crippen molar-refractivity contribution in [3.63, 3.8) is 0 Å². The van der Waals surface area contributed by atoms with Crippen LogP contribution in [0.4, 0.5) is 5.69 Å². The van der Waals surface area contributed by atoms with Crippen LogP contribution >= 0.6 is 0 Å². The monoisotopic (exact) mass is 311 g/mol. The van der Waals surface area contributed by atoms with E-state index < -0.39 is 0 Å². The van der Waals surface area contributed by atoms with E-state index in [0.717, 1.165) is 5.56 Å². The van der Waals surface area contributed by atoms with Crippen molar-refractivity contribution in [1.82, 2.24) is 0 Å². The van der Waals surface area contributed by atoms with E-state index in [4.69, 9.17) is 0 Å². The topological polar surface area (TPSA) is 29.1 Å². The molecule has 0 bridgehead atoms. The standard InChI is InChI=1S/C15H12NO.Y/c17-15(16-14-9-5-2-6-10-14)12-11-13-7-3-1-4-8-13;/h1-9,11-12H,(H,16,17);/q-1;/b12-11+;. The van der Waals surface area contributed by atoms with Gasteiger partial charge in [0.15, 0.2) is 0 Å². The zero-order valence-electron chi connectivity index (χ0n) is 9.84. The maximum atomic E-state index is 11.6. The normalized spacial score (nSPS) is 9.78. The van der Waals surface area contributed by atoms with Crippen LogP contribution in [0.5, 0.6) is 0 Å². The summed E-state index contributed by atoms with van der Waals surface area (Å²) in [4.78, 5) is 11.6.